The highest BCUT2D eigenvalue weighted by molar-refractivity contribution is 7.89. The Kier molecular flexibility index (Phi) is 8.73. The number of benzene rings is 1. The summed E-state index contributed by atoms with van der Waals surface area (Å²) in [6.45, 7) is 4.38. The second-order valence-electron chi connectivity index (χ2n) is 11.0. The van der Waals surface area contributed by atoms with Gasteiger partial charge in [0.2, 0.25) is 10.0 Å². The summed E-state index contributed by atoms with van der Waals surface area (Å²) in [5, 5.41) is 2.95. The molecular formula is C26H37F3N4O4S. The Hall–Kier alpha value is -2.18. The number of rotatable bonds is 9. The number of carbonyl (C=O) groups is 1. The average molecular weight is 559 g/mol. The largest absolute Gasteiger partial charge is 0.416 e. The Morgan fingerprint density at radius 3 is 2.50 bits per heavy atom. The van der Waals surface area contributed by atoms with Crippen LogP contribution in [0.4, 0.5) is 18.9 Å². The SMILES string of the molecule is CC(C)CONc1ccc(CCS(=O)(=O)N2CCC3(CC2)N=C(C2CCCCC2)NC3=O)c(C(F)(F)F)c1. The van der Waals surface area contributed by atoms with E-state index < -0.39 is 33.1 Å². The molecule has 2 aliphatic heterocycles. The van der Waals surface area contributed by atoms with Crippen molar-refractivity contribution < 1.29 is 31.2 Å². The molecule has 212 valence electrons. The van der Waals surface area contributed by atoms with E-state index in [-0.39, 0.29) is 61.3 Å². The lowest BCUT2D eigenvalue weighted by atomic mass is 9.88. The highest BCUT2D eigenvalue weighted by atomic mass is 32.2. The monoisotopic (exact) mass is 558 g/mol. The van der Waals surface area contributed by atoms with Gasteiger partial charge in [0.1, 0.15) is 11.4 Å². The van der Waals surface area contributed by atoms with E-state index >= 15 is 0 Å². The molecule has 4 rings (SSSR count). The van der Waals surface area contributed by atoms with Gasteiger partial charge in [-0.05, 0) is 55.7 Å². The first-order chi connectivity index (χ1) is 17.9. The van der Waals surface area contributed by atoms with Gasteiger partial charge in [0.25, 0.3) is 5.91 Å². The van der Waals surface area contributed by atoms with Crippen molar-refractivity contribution in [2.45, 2.75) is 76.9 Å². The quantitative estimate of drug-likeness (QED) is 0.434. The normalized spacial score (nSPS) is 21.1. The number of hydrogen-bond donors (Lipinski definition) is 2. The predicted molar refractivity (Wildman–Crippen MR) is 139 cm³/mol. The number of hydrogen-bond acceptors (Lipinski definition) is 6. The molecule has 12 heteroatoms. The van der Waals surface area contributed by atoms with Crippen molar-refractivity contribution in [3.8, 4) is 0 Å². The molecule has 1 saturated carbocycles. The molecule has 1 amide bonds. The summed E-state index contributed by atoms with van der Waals surface area (Å²) in [7, 11) is -3.83. The Morgan fingerprint density at radius 1 is 1.18 bits per heavy atom. The first-order valence-corrected chi connectivity index (χ1v) is 15.0. The second-order valence-corrected chi connectivity index (χ2v) is 13.0. The van der Waals surface area contributed by atoms with Crippen LogP contribution in [-0.4, -0.2) is 55.5 Å². The zero-order valence-electron chi connectivity index (χ0n) is 21.9. The molecule has 38 heavy (non-hydrogen) atoms. The molecule has 0 unspecified atom stereocenters. The van der Waals surface area contributed by atoms with Crippen molar-refractivity contribution in [2.24, 2.45) is 16.8 Å². The predicted octanol–water partition coefficient (Wildman–Crippen LogP) is 4.52. The third-order valence-electron chi connectivity index (χ3n) is 7.58. The smallest absolute Gasteiger partial charge is 0.312 e. The van der Waals surface area contributed by atoms with Crippen LogP contribution < -0.4 is 10.8 Å². The third-order valence-corrected chi connectivity index (χ3v) is 9.46. The summed E-state index contributed by atoms with van der Waals surface area (Å²) < 4.78 is 68.6. The van der Waals surface area contributed by atoms with Gasteiger partial charge < -0.3 is 5.32 Å². The van der Waals surface area contributed by atoms with E-state index in [0.29, 0.717) is 6.61 Å². The minimum Gasteiger partial charge on any atom is -0.312 e. The van der Waals surface area contributed by atoms with Crippen LogP contribution in [0.15, 0.2) is 23.2 Å². The fourth-order valence-electron chi connectivity index (χ4n) is 5.37. The van der Waals surface area contributed by atoms with Gasteiger partial charge in [-0.3, -0.25) is 20.1 Å². The lowest BCUT2D eigenvalue weighted by Crippen LogP contribution is -2.51. The topological polar surface area (TPSA) is 100 Å². The minimum atomic E-state index is -4.64. The molecule has 0 atom stereocenters. The van der Waals surface area contributed by atoms with Crippen LogP contribution in [0.25, 0.3) is 0 Å². The van der Waals surface area contributed by atoms with E-state index in [4.69, 9.17) is 9.83 Å². The molecule has 0 radical (unpaired) electrons. The molecular weight excluding hydrogens is 521 g/mol. The zero-order valence-corrected chi connectivity index (χ0v) is 22.8. The van der Waals surface area contributed by atoms with Gasteiger partial charge in [-0.25, -0.2) is 12.7 Å². The Morgan fingerprint density at radius 2 is 1.87 bits per heavy atom. The molecule has 2 fully saturated rings. The number of alkyl halides is 3. The molecule has 1 aliphatic carbocycles. The number of aliphatic imine (C=N–C) groups is 1. The summed E-state index contributed by atoms with van der Waals surface area (Å²) in [4.78, 5) is 22.8. The summed E-state index contributed by atoms with van der Waals surface area (Å²) in [5.41, 5.74) is 0.737. The van der Waals surface area contributed by atoms with Crippen LogP contribution >= 0.6 is 0 Å². The molecule has 0 bridgehead atoms. The standard InChI is InChI=1S/C26H37F3N4O4S/c1-18(2)17-37-32-21-9-8-19(22(16-21)26(27,28)29)10-15-38(35,36)33-13-11-25(12-14-33)24(34)30-23(31-25)20-6-4-3-5-7-20/h8-9,16,18,20,32H,3-7,10-15,17H2,1-2H3,(H,30,31,34). The first-order valence-electron chi connectivity index (χ1n) is 13.4. The van der Waals surface area contributed by atoms with E-state index in [1.165, 1.54) is 22.9 Å². The molecule has 1 saturated heterocycles. The van der Waals surface area contributed by atoms with E-state index in [1.807, 2.05) is 13.8 Å². The summed E-state index contributed by atoms with van der Waals surface area (Å²) in [6, 6.07) is 3.67. The fraction of sp³-hybridized carbons (Fsp3) is 0.692. The Bertz CT molecular complexity index is 1140. The van der Waals surface area contributed by atoms with Crippen molar-refractivity contribution in [1.29, 1.82) is 0 Å². The molecule has 0 aromatic heterocycles. The van der Waals surface area contributed by atoms with Gasteiger partial charge in [-0.2, -0.15) is 13.2 Å². The molecule has 1 spiro atoms. The van der Waals surface area contributed by atoms with E-state index in [9.17, 15) is 26.4 Å². The highest BCUT2D eigenvalue weighted by Crippen LogP contribution is 2.36. The second kappa shape index (κ2) is 11.5. The number of aryl methyl sites for hydroxylation is 1. The molecule has 3 aliphatic rings. The number of sulfonamides is 1. The van der Waals surface area contributed by atoms with Crippen LogP contribution in [0, 0.1) is 11.8 Å². The fourth-order valence-corrected chi connectivity index (χ4v) is 6.84. The number of amidine groups is 1. The number of amides is 1. The number of anilines is 1. The van der Waals surface area contributed by atoms with Crippen molar-refractivity contribution >= 4 is 27.5 Å². The van der Waals surface area contributed by atoms with Gasteiger partial charge in [0, 0.05) is 19.0 Å². The maximum Gasteiger partial charge on any atom is 0.416 e. The van der Waals surface area contributed by atoms with Gasteiger partial charge in [0.05, 0.1) is 23.6 Å². The highest BCUT2D eigenvalue weighted by Gasteiger charge is 2.48. The van der Waals surface area contributed by atoms with Gasteiger partial charge in [-0.15, -0.1) is 0 Å². The molecule has 2 heterocycles. The average Bonchev–Trinajstić information content (AvgIpc) is 3.18. The summed E-state index contributed by atoms with van der Waals surface area (Å²) in [6.07, 6.45) is 1.01. The number of halogens is 3. The third kappa shape index (κ3) is 6.69. The van der Waals surface area contributed by atoms with Gasteiger partial charge in [0.15, 0.2) is 0 Å². The van der Waals surface area contributed by atoms with E-state index in [0.717, 1.165) is 37.6 Å². The van der Waals surface area contributed by atoms with E-state index in [1.54, 1.807) is 0 Å². The molecule has 1 aromatic carbocycles. The van der Waals surface area contributed by atoms with Crippen LogP contribution in [0.5, 0.6) is 0 Å². The lowest BCUT2D eigenvalue weighted by molar-refractivity contribution is -0.138. The van der Waals surface area contributed by atoms with Crippen molar-refractivity contribution in [3.63, 3.8) is 0 Å². The van der Waals surface area contributed by atoms with Crippen molar-refractivity contribution in [1.82, 2.24) is 9.62 Å². The number of carbonyl (C=O) groups excluding carboxylic acids is 1. The number of nitrogens with one attached hydrogen (secondary N) is 2. The summed E-state index contributed by atoms with van der Waals surface area (Å²) in [5.74, 6) is 0.560. The minimum absolute atomic E-state index is 0.0964. The van der Waals surface area contributed by atoms with Crippen molar-refractivity contribution in [2.75, 3.05) is 30.9 Å². The molecule has 8 nitrogen and oxygen atoms in total. The summed E-state index contributed by atoms with van der Waals surface area (Å²) >= 11 is 0. The van der Waals surface area contributed by atoms with Crippen LogP contribution in [0.3, 0.4) is 0 Å². The van der Waals surface area contributed by atoms with Crippen molar-refractivity contribution in [3.05, 3.63) is 29.3 Å². The van der Waals surface area contributed by atoms with Crippen LogP contribution in [-0.2, 0) is 32.3 Å². The molecule has 1 aromatic rings. The Balaban J connectivity index is 1.38. The maximum absolute atomic E-state index is 13.7. The Labute approximate surface area is 222 Å². The first kappa shape index (κ1) is 28.8. The van der Waals surface area contributed by atoms with Gasteiger partial charge >= 0.3 is 6.18 Å². The molecule has 2 N–H and O–H groups in total. The van der Waals surface area contributed by atoms with Crippen LogP contribution in [0.2, 0.25) is 0 Å². The van der Waals surface area contributed by atoms with Gasteiger partial charge in [-0.1, -0.05) is 39.2 Å². The number of piperidine rings is 1. The lowest BCUT2D eigenvalue weighted by Gasteiger charge is -2.34. The van der Waals surface area contributed by atoms with Crippen LogP contribution in [0.1, 0.15) is 69.9 Å². The zero-order chi connectivity index (χ0) is 27.6. The number of nitrogens with zero attached hydrogens (tertiary/aromatic N) is 2. The maximum atomic E-state index is 13.7. The van der Waals surface area contributed by atoms with E-state index in [2.05, 4.69) is 10.8 Å².